The van der Waals surface area contributed by atoms with E-state index in [1.54, 1.807) is 28.9 Å². The Labute approximate surface area is 341 Å². The average molecular weight is 894 g/mol. The largest absolute Gasteiger partial charge is 0.337 e. The van der Waals surface area contributed by atoms with Crippen molar-refractivity contribution in [2.24, 2.45) is 5.41 Å². The van der Waals surface area contributed by atoms with Crippen molar-refractivity contribution in [2.75, 3.05) is 19.6 Å². The van der Waals surface area contributed by atoms with Crippen LogP contribution in [0.25, 0.3) is 16.5 Å². The number of carbonyl (C=O) groups excluding carboxylic acids is 3. The Morgan fingerprint density at radius 1 is 0.945 bits per heavy atom. The van der Waals surface area contributed by atoms with Gasteiger partial charge in [0.15, 0.2) is 5.69 Å². The first-order valence-electron chi connectivity index (χ1n) is 18.4. The van der Waals surface area contributed by atoms with E-state index >= 15 is 0 Å². The Hall–Kier alpha value is -4.27. The molecular weight excluding hydrogens is 849 g/mol. The summed E-state index contributed by atoms with van der Waals surface area (Å²) in [6, 6.07) is 22.7. The van der Waals surface area contributed by atoms with Crippen LogP contribution in [0.15, 0.2) is 83.8 Å². The number of fused-ring (bicyclic) bond motifs is 2. The average Bonchev–Trinajstić information content (AvgIpc) is 3.45. The lowest BCUT2D eigenvalue weighted by atomic mass is 9.92. The molecule has 2 heterocycles. The second-order valence-corrected chi connectivity index (χ2v) is 18.5. The molecule has 1 aliphatic heterocycles. The molecule has 0 aliphatic carbocycles. The van der Waals surface area contributed by atoms with Gasteiger partial charge in [-0.3, -0.25) is 14.4 Å². The van der Waals surface area contributed by atoms with Crippen LogP contribution < -0.4 is 4.72 Å². The highest BCUT2D eigenvalue weighted by atomic mass is 127. The van der Waals surface area contributed by atoms with Gasteiger partial charge >= 0.3 is 0 Å². The lowest BCUT2D eigenvalue weighted by Crippen LogP contribution is -2.37. The Balaban J connectivity index is 1.38. The summed E-state index contributed by atoms with van der Waals surface area (Å²) < 4.78 is 31.6. The van der Waals surface area contributed by atoms with Gasteiger partial charge in [0.2, 0.25) is 0 Å². The quantitative estimate of drug-likeness (QED) is 0.133. The topological polar surface area (TPSA) is 122 Å². The van der Waals surface area contributed by atoms with E-state index in [2.05, 4.69) is 55.0 Å². The summed E-state index contributed by atoms with van der Waals surface area (Å²) in [5.41, 5.74) is 3.08. The number of benzene rings is 4. The Morgan fingerprint density at radius 2 is 1.67 bits per heavy atom. The molecule has 0 atom stereocenters. The third-order valence-corrected chi connectivity index (χ3v) is 12.3. The van der Waals surface area contributed by atoms with E-state index in [0.29, 0.717) is 44.0 Å². The lowest BCUT2D eigenvalue weighted by molar-refractivity contribution is 0.0725. The summed E-state index contributed by atoms with van der Waals surface area (Å²) in [4.78, 5) is 45.7. The van der Waals surface area contributed by atoms with Gasteiger partial charge in [0.25, 0.3) is 27.7 Å². The number of hydrogen-bond acceptors (Lipinski definition) is 6. The van der Waals surface area contributed by atoms with Crippen LogP contribution in [0, 0.1) is 15.9 Å². The highest BCUT2D eigenvalue weighted by Crippen LogP contribution is 2.30. The first-order chi connectivity index (χ1) is 26.1. The molecule has 1 aromatic heterocycles. The van der Waals surface area contributed by atoms with Crippen LogP contribution >= 0.6 is 34.2 Å². The van der Waals surface area contributed by atoms with Gasteiger partial charge in [0.05, 0.1) is 26.9 Å². The molecule has 5 aromatic rings. The molecule has 6 rings (SSSR count). The third kappa shape index (κ3) is 9.08. The molecule has 0 spiro atoms. The summed E-state index contributed by atoms with van der Waals surface area (Å²) in [7, 11) is -4.28. The molecule has 288 valence electrons. The smallest absolute Gasteiger partial charge is 0.275 e. The van der Waals surface area contributed by atoms with Crippen molar-refractivity contribution in [3.8, 4) is 5.69 Å². The van der Waals surface area contributed by atoms with Crippen LogP contribution in [0.4, 0.5) is 0 Å². The number of halogens is 2. The molecular formula is C42H45ClIN5O5S. The lowest BCUT2D eigenvalue weighted by Gasteiger charge is -2.29. The fraction of sp³-hybridized carbons (Fsp3) is 0.333. The highest BCUT2D eigenvalue weighted by Gasteiger charge is 2.30. The van der Waals surface area contributed by atoms with E-state index in [1.165, 1.54) is 28.9 Å². The van der Waals surface area contributed by atoms with Crippen molar-refractivity contribution in [2.45, 2.75) is 71.7 Å². The van der Waals surface area contributed by atoms with E-state index in [0.717, 1.165) is 44.7 Å². The first-order valence-corrected chi connectivity index (χ1v) is 21.3. The summed E-state index contributed by atoms with van der Waals surface area (Å²) in [5.74, 6) is -1.57. The maximum Gasteiger partial charge on any atom is 0.275 e. The van der Waals surface area contributed by atoms with Gasteiger partial charge < -0.3 is 9.80 Å². The van der Waals surface area contributed by atoms with Crippen LogP contribution in [0.1, 0.15) is 95.0 Å². The Morgan fingerprint density at radius 3 is 2.40 bits per heavy atom. The first kappa shape index (κ1) is 40.4. The van der Waals surface area contributed by atoms with Crippen LogP contribution in [-0.2, 0) is 23.0 Å². The van der Waals surface area contributed by atoms with Gasteiger partial charge in [0, 0.05) is 35.3 Å². The second-order valence-electron chi connectivity index (χ2n) is 15.2. The van der Waals surface area contributed by atoms with Gasteiger partial charge in [0.1, 0.15) is 0 Å². The van der Waals surface area contributed by atoms with Gasteiger partial charge in [-0.1, -0.05) is 82.1 Å². The molecule has 0 unspecified atom stereocenters. The second kappa shape index (κ2) is 16.4. The fourth-order valence-corrected chi connectivity index (χ4v) is 8.34. The van der Waals surface area contributed by atoms with E-state index in [9.17, 15) is 22.8 Å². The molecule has 0 saturated carbocycles. The summed E-state index contributed by atoms with van der Waals surface area (Å²) in [5, 5.41) is 6.46. The number of amides is 3. The number of hydrogen-bond donors (Lipinski definition) is 1. The molecule has 1 N–H and O–H groups in total. The van der Waals surface area contributed by atoms with Crippen LogP contribution in [0.3, 0.4) is 0 Å². The van der Waals surface area contributed by atoms with Crippen molar-refractivity contribution in [3.63, 3.8) is 0 Å². The molecule has 10 nitrogen and oxygen atoms in total. The van der Waals surface area contributed by atoms with E-state index in [-0.39, 0.29) is 44.0 Å². The van der Waals surface area contributed by atoms with Gasteiger partial charge in [-0.25, -0.2) is 17.8 Å². The minimum Gasteiger partial charge on any atom is -0.337 e. The van der Waals surface area contributed by atoms with E-state index in [4.69, 9.17) is 16.7 Å². The predicted octanol–water partition coefficient (Wildman–Crippen LogP) is 8.59. The van der Waals surface area contributed by atoms with Crippen molar-refractivity contribution in [1.82, 2.24) is 24.3 Å². The van der Waals surface area contributed by atoms with Gasteiger partial charge in [-0.15, -0.1) is 0 Å². The highest BCUT2D eigenvalue weighted by molar-refractivity contribution is 14.1. The van der Waals surface area contributed by atoms with Gasteiger partial charge in [-0.05, 0) is 119 Å². The molecule has 4 aromatic carbocycles. The van der Waals surface area contributed by atoms with Crippen molar-refractivity contribution in [3.05, 3.63) is 121 Å². The number of nitrogens with one attached hydrogen (secondary N) is 1. The monoisotopic (exact) mass is 893 g/mol. The predicted molar refractivity (Wildman–Crippen MR) is 224 cm³/mol. The molecule has 0 fully saturated rings. The molecule has 0 bridgehead atoms. The van der Waals surface area contributed by atoms with Crippen LogP contribution in [-0.4, -0.2) is 65.4 Å². The Kier molecular flexibility index (Phi) is 12.1. The molecule has 0 saturated heterocycles. The summed E-state index contributed by atoms with van der Waals surface area (Å²) >= 11 is 9.02. The van der Waals surface area contributed by atoms with Crippen molar-refractivity contribution >= 4 is 72.7 Å². The van der Waals surface area contributed by atoms with Gasteiger partial charge in [-0.2, -0.15) is 5.10 Å². The Bertz CT molecular complexity index is 2410. The normalized spacial score (nSPS) is 13.1. The fourth-order valence-electron chi connectivity index (χ4n) is 6.61. The number of sulfonamides is 1. The molecule has 0 radical (unpaired) electrons. The third-order valence-electron chi connectivity index (χ3n) is 9.89. The molecule has 1 aliphatic rings. The summed E-state index contributed by atoms with van der Waals surface area (Å²) in [6.07, 6.45) is 3.17. The number of aromatic nitrogens is 2. The number of rotatable bonds is 11. The van der Waals surface area contributed by atoms with Crippen molar-refractivity contribution in [1.29, 1.82) is 0 Å². The maximum absolute atomic E-state index is 14.5. The molecule has 3 amide bonds. The zero-order chi connectivity index (χ0) is 39.7. The molecule has 55 heavy (non-hydrogen) atoms. The summed E-state index contributed by atoms with van der Waals surface area (Å²) in [6.45, 7) is 12.1. The maximum atomic E-state index is 14.5. The molecule has 13 heteroatoms. The van der Waals surface area contributed by atoms with Crippen LogP contribution in [0.5, 0.6) is 0 Å². The standard InChI is InChI=1S/C42H45ClIN5O5S/c1-6-7-20-47(22-19-42(3,4)5)41(52)38-37(43)27(2)49(45-38)36-17-14-30(25-35(36)40(51)48-21-18-28-10-8-9-11-31(28)26-48)39(50)46-55(53,54)34-16-13-29-12-15-33(44)23-32(29)24-34/h8-17,23-25H,6-7,18-22,26H2,1-5H3,(H,46,50). The van der Waals surface area contributed by atoms with Crippen LogP contribution in [0.2, 0.25) is 5.02 Å². The zero-order valence-electron chi connectivity index (χ0n) is 31.7. The number of carbonyl (C=O) groups is 3. The van der Waals surface area contributed by atoms with E-state index < -0.39 is 15.9 Å². The van der Waals surface area contributed by atoms with Crippen molar-refractivity contribution < 1.29 is 22.8 Å². The van der Waals surface area contributed by atoms with E-state index in [1.807, 2.05) is 42.5 Å². The number of unbranched alkanes of at least 4 members (excludes halogenated alkanes) is 1. The minimum atomic E-state index is -4.28. The minimum absolute atomic E-state index is 0.00966. The SMILES string of the molecule is CCCCN(CCC(C)(C)C)C(=O)c1nn(-c2ccc(C(=O)NS(=O)(=O)c3ccc4ccc(I)cc4c3)cc2C(=O)N2CCc3ccccc3C2)c(C)c1Cl. The zero-order valence-corrected chi connectivity index (χ0v) is 35.4. The number of nitrogens with zero attached hydrogens (tertiary/aromatic N) is 4.